The van der Waals surface area contributed by atoms with E-state index in [1.54, 1.807) is 6.92 Å². The molecule has 2 unspecified atom stereocenters. The van der Waals surface area contributed by atoms with E-state index >= 15 is 0 Å². The van der Waals surface area contributed by atoms with Gasteiger partial charge in [-0.25, -0.2) is 4.79 Å². The fourth-order valence-corrected chi connectivity index (χ4v) is 1.31. The fraction of sp³-hybridized carbons (Fsp3) is 0.364. The van der Waals surface area contributed by atoms with Gasteiger partial charge in [-0.1, -0.05) is 0 Å². The summed E-state index contributed by atoms with van der Waals surface area (Å²) in [6.07, 6.45) is -3.48. The van der Waals surface area contributed by atoms with Gasteiger partial charge in [0.05, 0.1) is 6.61 Å². The van der Waals surface area contributed by atoms with Gasteiger partial charge in [0.25, 0.3) is 0 Å². The zero-order chi connectivity index (χ0) is 13.0. The Hall–Kier alpha value is -1.79. The van der Waals surface area contributed by atoms with Crippen LogP contribution in [-0.2, 0) is 9.53 Å². The number of carbonyl (C=O) groups excluding carboxylic acids is 1. The summed E-state index contributed by atoms with van der Waals surface area (Å²) < 4.78 is 4.52. The molecule has 0 fully saturated rings. The highest BCUT2D eigenvalue weighted by molar-refractivity contribution is 5.75. The van der Waals surface area contributed by atoms with E-state index in [9.17, 15) is 25.2 Å². The van der Waals surface area contributed by atoms with Crippen LogP contribution < -0.4 is 0 Å². The molecule has 0 bridgehead atoms. The van der Waals surface area contributed by atoms with Crippen LogP contribution in [0.15, 0.2) is 18.2 Å². The SMILES string of the molecule is CCOC(=O)C(O)C(O)c1cc(O)ccc1O. The van der Waals surface area contributed by atoms with Gasteiger partial charge in [0.15, 0.2) is 6.10 Å². The van der Waals surface area contributed by atoms with Crippen LogP contribution in [0, 0.1) is 0 Å². The van der Waals surface area contributed by atoms with Crippen molar-refractivity contribution >= 4 is 5.97 Å². The summed E-state index contributed by atoms with van der Waals surface area (Å²) in [4.78, 5) is 11.2. The molecule has 0 aliphatic carbocycles. The molecule has 4 N–H and O–H groups in total. The van der Waals surface area contributed by atoms with Crippen molar-refractivity contribution in [1.82, 2.24) is 0 Å². The summed E-state index contributed by atoms with van der Waals surface area (Å²) in [7, 11) is 0. The molecule has 0 aliphatic heterocycles. The largest absolute Gasteiger partial charge is 0.508 e. The van der Waals surface area contributed by atoms with E-state index < -0.39 is 18.2 Å². The summed E-state index contributed by atoms with van der Waals surface area (Å²) in [6, 6.07) is 3.41. The van der Waals surface area contributed by atoms with Gasteiger partial charge in [-0.05, 0) is 25.1 Å². The Bertz CT molecular complexity index is 403. The van der Waals surface area contributed by atoms with Gasteiger partial charge < -0.3 is 25.2 Å². The Morgan fingerprint density at radius 2 is 2.00 bits per heavy atom. The van der Waals surface area contributed by atoms with Crippen LogP contribution in [-0.4, -0.2) is 39.1 Å². The van der Waals surface area contributed by atoms with E-state index in [2.05, 4.69) is 4.74 Å². The smallest absolute Gasteiger partial charge is 0.338 e. The summed E-state index contributed by atoms with van der Waals surface area (Å²) >= 11 is 0. The van der Waals surface area contributed by atoms with E-state index in [-0.39, 0.29) is 23.7 Å². The number of phenolic OH excluding ortho intramolecular Hbond substituents is 2. The molecule has 1 aromatic carbocycles. The lowest BCUT2D eigenvalue weighted by Crippen LogP contribution is -2.29. The lowest BCUT2D eigenvalue weighted by molar-refractivity contribution is -0.159. The third kappa shape index (κ3) is 3.08. The van der Waals surface area contributed by atoms with Crippen molar-refractivity contribution in [3.8, 4) is 11.5 Å². The molecule has 1 rings (SSSR count). The van der Waals surface area contributed by atoms with Crippen molar-refractivity contribution < 1.29 is 30.0 Å². The van der Waals surface area contributed by atoms with Crippen LogP contribution in [0.5, 0.6) is 11.5 Å². The van der Waals surface area contributed by atoms with Crippen LogP contribution in [0.2, 0.25) is 0 Å². The normalized spacial score (nSPS) is 14.1. The van der Waals surface area contributed by atoms with Crippen LogP contribution in [0.1, 0.15) is 18.6 Å². The van der Waals surface area contributed by atoms with Gasteiger partial charge in [-0.2, -0.15) is 0 Å². The molecular formula is C11H14O6. The number of hydrogen-bond acceptors (Lipinski definition) is 6. The van der Waals surface area contributed by atoms with Crippen molar-refractivity contribution in [1.29, 1.82) is 0 Å². The molecule has 1 aromatic rings. The summed E-state index contributed by atoms with van der Waals surface area (Å²) in [5.41, 5.74) is -0.148. The van der Waals surface area contributed by atoms with E-state index in [1.165, 1.54) is 6.07 Å². The predicted molar refractivity (Wildman–Crippen MR) is 57.4 cm³/mol. The van der Waals surface area contributed by atoms with Crippen molar-refractivity contribution in [2.45, 2.75) is 19.1 Å². The first-order valence-electron chi connectivity index (χ1n) is 5.02. The molecule has 0 radical (unpaired) electrons. The number of esters is 1. The molecule has 2 atom stereocenters. The second-order valence-electron chi connectivity index (χ2n) is 3.38. The Morgan fingerprint density at radius 1 is 1.35 bits per heavy atom. The Balaban J connectivity index is 2.91. The second-order valence-corrected chi connectivity index (χ2v) is 3.38. The van der Waals surface area contributed by atoms with Gasteiger partial charge in [0.1, 0.15) is 17.6 Å². The van der Waals surface area contributed by atoms with E-state index in [1.807, 2.05) is 0 Å². The second kappa shape index (κ2) is 5.51. The predicted octanol–water partition coefficient (Wildman–Crippen LogP) is 0.0552. The molecule has 0 aliphatic rings. The number of aliphatic hydroxyl groups excluding tert-OH is 2. The molecule has 0 saturated carbocycles. The minimum Gasteiger partial charge on any atom is -0.508 e. The summed E-state index contributed by atoms with van der Waals surface area (Å²) in [6.45, 7) is 1.62. The Kier molecular flexibility index (Phi) is 4.30. The zero-order valence-corrected chi connectivity index (χ0v) is 9.20. The molecule has 0 heterocycles. The van der Waals surface area contributed by atoms with E-state index in [4.69, 9.17) is 0 Å². The number of hydrogen-bond donors (Lipinski definition) is 4. The average Bonchev–Trinajstić information content (AvgIpc) is 2.30. The van der Waals surface area contributed by atoms with Crippen LogP contribution in [0.4, 0.5) is 0 Å². The fourth-order valence-electron chi connectivity index (χ4n) is 1.31. The van der Waals surface area contributed by atoms with Gasteiger partial charge >= 0.3 is 5.97 Å². The van der Waals surface area contributed by atoms with E-state index in [0.29, 0.717) is 0 Å². The lowest BCUT2D eigenvalue weighted by Gasteiger charge is -2.17. The standard InChI is InChI=1S/C11H14O6/c1-2-17-11(16)10(15)9(14)7-5-6(12)3-4-8(7)13/h3-5,9-10,12-15H,2H2,1H3. The topological polar surface area (TPSA) is 107 Å². The van der Waals surface area contributed by atoms with Gasteiger partial charge in [0.2, 0.25) is 0 Å². The maximum atomic E-state index is 11.2. The van der Waals surface area contributed by atoms with Gasteiger partial charge in [-0.15, -0.1) is 0 Å². The molecule has 17 heavy (non-hydrogen) atoms. The highest BCUT2D eigenvalue weighted by Gasteiger charge is 2.29. The molecule has 6 nitrogen and oxygen atoms in total. The quantitative estimate of drug-likeness (QED) is 0.439. The molecule has 0 aromatic heterocycles. The third-order valence-electron chi connectivity index (χ3n) is 2.16. The average molecular weight is 242 g/mol. The minimum atomic E-state index is -1.82. The van der Waals surface area contributed by atoms with Gasteiger partial charge in [0, 0.05) is 5.56 Å². The third-order valence-corrected chi connectivity index (χ3v) is 2.16. The number of benzene rings is 1. The monoisotopic (exact) mass is 242 g/mol. The number of carbonyl (C=O) groups is 1. The molecule has 6 heteroatoms. The maximum absolute atomic E-state index is 11.2. The Morgan fingerprint density at radius 3 is 2.59 bits per heavy atom. The number of aromatic hydroxyl groups is 2. The van der Waals surface area contributed by atoms with Crippen molar-refractivity contribution in [2.75, 3.05) is 6.61 Å². The molecule has 0 saturated heterocycles. The highest BCUT2D eigenvalue weighted by atomic mass is 16.5. The van der Waals surface area contributed by atoms with Crippen LogP contribution >= 0.6 is 0 Å². The van der Waals surface area contributed by atoms with Crippen LogP contribution in [0.3, 0.4) is 0 Å². The Labute approximate surface area is 97.7 Å². The first kappa shape index (κ1) is 13.3. The van der Waals surface area contributed by atoms with Crippen molar-refractivity contribution in [3.05, 3.63) is 23.8 Å². The number of rotatable bonds is 4. The highest BCUT2D eigenvalue weighted by Crippen LogP contribution is 2.30. The molecule has 94 valence electrons. The van der Waals surface area contributed by atoms with E-state index in [0.717, 1.165) is 12.1 Å². The van der Waals surface area contributed by atoms with Crippen molar-refractivity contribution in [3.63, 3.8) is 0 Å². The molecule has 0 amide bonds. The van der Waals surface area contributed by atoms with Gasteiger partial charge in [-0.3, -0.25) is 0 Å². The summed E-state index contributed by atoms with van der Waals surface area (Å²) in [5.74, 6) is -1.53. The number of aliphatic hydroxyl groups is 2. The van der Waals surface area contributed by atoms with Crippen LogP contribution in [0.25, 0.3) is 0 Å². The first-order chi connectivity index (χ1) is 7.97. The molecular weight excluding hydrogens is 228 g/mol. The first-order valence-corrected chi connectivity index (χ1v) is 5.02. The summed E-state index contributed by atoms with van der Waals surface area (Å²) in [5, 5.41) is 37.8. The molecule has 0 spiro atoms. The maximum Gasteiger partial charge on any atom is 0.338 e. The minimum absolute atomic E-state index is 0.0641. The number of phenols is 2. The van der Waals surface area contributed by atoms with Crippen molar-refractivity contribution in [2.24, 2.45) is 0 Å². The lowest BCUT2D eigenvalue weighted by atomic mass is 10.0. The zero-order valence-electron chi connectivity index (χ0n) is 9.20. The number of ether oxygens (including phenoxy) is 1.